The molecule has 2 amide bonds. The predicted octanol–water partition coefficient (Wildman–Crippen LogP) is 4.46. The summed E-state index contributed by atoms with van der Waals surface area (Å²) >= 11 is 0. The molecule has 2 fully saturated rings. The van der Waals surface area contributed by atoms with Crippen molar-refractivity contribution < 1.29 is 24.2 Å². The number of ether oxygens (including phenoxy) is 1. The quantitative estimate of drug-likeness (QED) is 0.547. The summed E-state index contributed by atoms with van der Waals surface area (Å²) in [6.07, 6.45) is 4.72. The number of carbonyl (C=O) groups is 3. The van der Waals surface area contributed by atoms with Gasteiger partial charge in [0.05, 0.1) is 0 Å². The van der Waals surface area contributed by atoms with Crippen LogP contribution in [0.1, 0.15) is 62.0 Å². The Balaban J connectivity index is 1.17. The van der Waals surface area contributed by atoms with Crippen molar-refractivity contribution in [3.8, 4) is 11.1 Å². The minimum atomic E-state index is -1.11. The first kappa shape index (κ1) is 23.4. The third-order valence-electron chi connectivity index (χ3n) is 8.08. The lowest BCUT2D eigenvalue weighted by Crippen LogP contribution is -2.61. The lowest BCUT2D eigenvalue weighted by Gasteiger charge is -2.40. The van der Waals surface area contributed by atoms with Crippen molar-refractivity contribution in [2.45, 2.75) is 56.4 Å². The van der Waals surface area contributed by atoms with Crippen LogP contribution in [-0.2, 0) is 14.3 Å². The highest BCUT2D eigenvalue weighted by Crippen LogP contribution is 2.44. The molecule has 3 aliphatic carbocycles. The Morgan fingerprint density at radius 2 is 1.54 bits per heavy atom. The number of amides is 2. The van der Waals surface area contributed by atoms with Gasteiger partial charge in [0.25, 0.3) is 0 Å². The summed E-state index contributed by atoms with van der Waals surface area (Å²) in [6, 6.07) is 16.4. The topological polar surface area (TPSA) is 105 Å². The fraction of sp³-hybridized carbons (Fsp3) is 0.464. The second-order valence-electron chi connectivity index (χ2n) is 10.1. The van der Waals surface area contributed by atoms with E-state index in [9.17, 15) is 19.5 Å². The van der Waals surface area contributed by atoms with Crippen LogP contribution < -0.4 is 10.6 Å². The number of fused-ring (bicyclic) bond motifs is 3. The summed E-state index contributed by atoms with van der Waals surface area (Å²) < 4.78 is 5.64. The van der Waals surface area contributed by atoms with Crippen LogP contribution in [0.3, 0.4) is 0 Å². The predicted molar refractivity (Wildman–Crippen MR) is 131 cm³/mol. The Hall–Kier alpha value is -3.35. The minimum absolute atomic E-state index is 0.00366. The summed E-state index contributed by atoms with van der Waals surface area (Å²) in [7, 11) is 0. The number of rotatable bonds is 7. The maximum absolute atomic E-state index is 13.0. The molecule has 3 N–H and O–H groups in total. The Kier molecular flexibility index (Phi) is 6.50. The molecular weight excluding hydrogens is 444 g/mol. The Morgan fingerprint density at radius 1 is 0.914 bits per heavy atom. The number of aliphatic carboxylic acids is 1. The van der Waals surface area contributed by atoms with Crippen molar-refractivity contribution in [2.24, 2.45) is 11.8 Å². The molecule has 2 saturated carbocycles. The molecule has 3 aliphatic rings. The van der Waals surface area contributed by atoms with Crippen molar-refractivity contribution in [1.29, 1.82) is 0 Å². The van der Waals surface area contributed by atoms with E-state index in [4.69, 9.17) is 4.74 Å². The van der Waals surface area contributed by atoms with Gasteiger partial charge in [-0.3, -0.25) is 4.79 Å². The number of carboxylic acid groups (broad SMARTS) is 1. The first-order valence-electron chi connectivity index (χ1n) is 12.6. The Bertz CT molecular complexity index is 1080. The average molecular weight is 477 g/mol. The van der Waals surface area contributed by atoms with Gasteiger partial charge in [-0.05, 0) is 60.3 Å². The van der Waals surface area contributed by atoms with Gasteiger partial charge in [-0.1, -0.05) is 61.4 Å². The smallest absolute Gasteiger partial charge is 0.407 e. The van der Waals surface area contributed by atoms with Gasteiger partial charge in [-0.25, -0.2) is 9.59 Å². The van der Waals surface area contributed by atoms with Crippen LogP contribution in [0.5, 0.6) is 0 Å². The van der Waals surface area contributed by atoms with Crippen LogP contribution in [-0.4, -0.2) is 41.8 Å². The van der Waals surface area contributed by atoms with E-state index in [1.54, 1.807) is 0 Å². The van der Waals surface area contributed by atoms with Gasteiger partial charge < -0.3 is 20.5 Å². The fourth-order valence-electron chi connectivity index (χ4n) is 5.91. The molecule has 5 rings (SSSR count). The SMILES string of the molecule is O=C(NCC1CCCCC1C(=O)NC1(C(=O)O)CCC1)OCC1c2ccccc2-c2ccccc21. The lowest BCUT2D eigenvalue weighted by molar-refractivity contribution is -0.153. The number of alkyl carbamates (subject to hydrolysis) is 1. The highest BCUT2D eigenvalue weighted by atomic mass is 16.5. The van der Waals surface area contributed by atoms with Gasteiger partial charge in [0.1, 0.15) is 12.1 Å². The van der Waals surface area contributed by atoms with Crippen LogP contribution >= 0.6 is 0 Å². The summed E-state index contributed by atoms with van der Waals surface area (Å²) in [4.78, 5) is 37.3. The van der Waals surface area contributed by atoms with E-state index < -0.39 is 17.6 Å². The number of nitrogens with one attached hydrogen (secondary N) is 2. The number of carbonyl (C=O) groups excluding carboxylic acids is 2. The van der Waals surface area contributed by atoms with Crippen molar-refractivity contribution in [2.75, 3.05) is 13.2 Å². The van der Waals surface area contributed by atoms with Crippen LogP contribution in [0.4, 0.5) is 4.79 Å². The summed E-state index contributed by atoms with van der Waals surface area (Å²) in [5.41, 5.74) is 3.57. The molecular formula is C28H32N2O5. The van der Waals surface area contributed by atoms with Crippen molar-refractivity contribution >= 4 is 18.0 Å². The summed E-state index contributed by atoms with van der Waals surface area (Å²) in [6.45, 7) is 0.588. The minimum Gasteiger partial charge on any atom is -0.480 e. The molecule has 2 aromatic rings. The third-order valence-corrected chi connectivity index (χ3v) is 8.08. The molecule has 35 heavy (non-hydrogen) atoms. The molecule has 0 radical (unpaired) electrons. The van der Waals surface area contributed by atoms with E-state index in [1.807, 2.05) is 24.3 Å². The molecule has 2 unspecified atom stereocenters. The third kappa shape index (κ3) is 4.51. The first-order chi connectivity index (χ1) is 17.0. The van der Waals surface area contributed by atoms with Crippen LogP contribution in [0.2, 0.25) is 0 Å². The maximum Gasteiger partial charge on any atom is 0.407 e. The van der Waals surface area contributed by atoms with E-state index in [2.05, 4.69) is 34.9 Å². The number of hydrogen-bond acceptors (Lipinski definition) is 4. The standard InChI is InChI=1S/C28H32N2O5/c31-25(30-28(26(32)33)14-7-15-28)19-9-2-1-8-18(19)16-29-27(34)35-17-24-22-12-5-3-10-20(22)21-11-4-6-13-23(21)24/h3-6,10-13,18-19,24H,1-2,7-9,14-17H2,(H,29,34)(H,30,31)(H,32,33). The number of benzene rings is 2. The lowest BCUT2D eigenvalue weighted by atomic mass is 9.74. The van der Waals surface area contributed by atoms with Crippen LogP contribution in [0.15, 0.2) is 48.5 Å². The molecule has 0 aliphatic heterocycles. The molecule has 0 bridgehead atoms. The van der Waals surface area contributed by atoms with E-state index in [0.29, 0.717) is 25.8 Å². The highest BCUT2D eigenvalue weighted by molar-refractivity contribution is 5.89. The molecule has 7 nitrogen and oxygen atoms in total. The Labute approximate surface area is 205 Å². The molecule has 0 spiro atoms. The van der Waals surface area contributed by atoms with E-state index >= 15 is 0 Å². The molecule has 0 heterocycles. The zero-order valence-electron chi connectivity index (χ0n) is 19.8. The Morgan fingerprint density at radius 3 is 2.14 bits per heavy atom. The molecule has 2 atom stereocenters. The maximum atomic E-state index is 13.0. The highest BCUT2D eigenvalue weighted by Gasteiger charge is 2.47. The van der Waals surface area contributed by atoms with Crippen molar-refractivity contribution in [1.82, 2.24) is 10.6 Å². The largest absolute Gasteiger partial charge is 0.480 e. The van der Waals surface area contributed by atoms with E-state index in [-0.39, 0.29) is 30.3 Å². The summed E-state index contributed by atoms with van der Waals surface area (Å²) in [5, 5.41) is 15.2. The molecule has 0 aromatic heterocycles. The van der Waals surface area contributed by atoms with Gasteiger partial charge in [0.2, 0.25) is 5.91 Å². The molecule has 0 saturated heterocycles. The second-order valence-corrected chi connectivity index (χ2v) is 10.1. The zero-order chi connectivity index (χ0) is 24.4. The van der Waals surface area contributed by atoms with E-state index in [0.717, 1.165) is 36.8 Å². The van der Waals surface area contributed by atoms with Crippen molar-refractivity contribution in [3.63, 3.8) is 0 Å². The van der Waals surface area contributed by atoms with Crippen LogP contribution in [0.25, 0.3) is 11.1 Å². The van der Waals surface area contributed by atoms with Gasteiger partial charge >= 0.3 is 12.1 Å². The number of hydrogen-bond donors (Lipinski definition) is 3. The van der Waals surface area contributed by atoms with Crippen LogP contribution in [0, 0.1) is 11.8 Å². The molecule has 2 aromatic carbocycles. The monoisotopic (exact) mass is 476 g/mol. The van der Waals surface area contributed by atoms with Gasteiger partial charge in [-0.2, -0.15) is 0 Å². The van der Waals surface area contributed by atoms with Gasteiger partial charge in [0, 0.05) is 18.4 Å². The van der Waals surface area contributed by atoms with Gasteiger partial charge in [-0.15, -0.1) is 0 Å². The summed E-state index contributed by atoms with van der Waals surface area (Å²) in [5.74, 6) is -1.49. The zero-order valence-corrected chi connectivity index (χ0v) is 19.8. The fourth-order valence-corrected chi connectivity index (χ4v) is 5.91. The average Bonchev–Trinajstić information content (AvgIpc) is 3.17. The second kappa shape index (κ2) is 9.72. The molecule has 7 heteroatoms. The first-order valence-corrected chi connectivity index (χ1v) is 12.6. The molecule has 184 valence electrons. The number of carboxylic acids is 1. The van der Waals surface area contributed by atoms with Gasteiger partial charge in [0.15, 0.2) is 0 Å². The van der Waals surface area contributed by atoms with Crippen molar-refractivity contribution in [3.05, 3.63) is 59.7 Å². The van der Waals surface area contributed by atoms with E-state index in [1.165, 1.54) is 11.1 Å². The normalized spacial score (nSPS) is 22.3.